The fourth-order valence-electron chi connectivity index (χ4n) is 2.56. The molecule has 3 aromatic rings. The molecule has 5 nitrogen and oxygen atoms in total. The summed E-state index contributed by atoms with van der Waals surface area (Å²) in [5.41, 5.74) is 1.62. The second-order valence-electron chi connectivity index (χ2n) is 5.51. The van der Waals surface area contributed by atoms with Crippen LogP contribution in [0.15, 0.2) is 42.5 Å². The third-order valence-electron chi connectivity index (χ3n) is 3.74. The number of fused-ring (bicyclic) bond motifs is 1. The van der Waals surface area contributed by atoms with Crippen molar-refractivity contribution in [2.45, 2.75) is 13.8 Å². The van der Waals surface area contributed by atoms with Crippen LogP contribution in [0.3, 0.4) is 0 Å². The van der Waals surface area contributed by atoms with Gasteiger partial charge in [-0.3, -0.25) is 0 Å². The van der Waals surface area contributed by atoms with Gasteiger partial charge in [-0.1, -0.05) is 12.1 Å². The third-order valence-corrected chi connectivity index (χ3v) is 3.74. The van der Waals surface area contributed by atoms with E-state index in [-0.39, 0.29) is 11.4 Å². The zero-order valence-electron chi connectivity index (χ0n) is 13.7. The second kappa shape index (κ2) is 6.20. The normalized spacial score (nSPS) is 10.6. The number of carbonyl (C=O) groups is 1. The Morgan fingerprint density at radius 3 is 2.50 bits per heavy atom. The molecule has 5 heteroatoms. The maximum Gasteiger partial charge on any atom is 0.360 e. The van der Waals surface area contributed by atoms with Gasteiger partial charge in [-0.2, -0.15) is 0 Å². The van der Waals surface area contributed by atoms with Gasteiger partial charge in [0.15, 0.2) is 11.4 Å². The fraction of sp³-hybridized carbons (Fsp3) is 0.158. The van der Waals surface area contributed by atoms with E-state index in [0.717, 1.165) is 11.3 Å². The van der Waals surface area contributed by atoms with Crippen molar-refractivity contribution in [3.63, 3.8) is 0 Å². The van der Waals surface area contributed by atoms with Crippen molar-refractivity contribution in [2.75, 3.05) is 7.11 Å². The standard InChI is InChI=1S/C19H17NO4/c1-11-5-4-6-13(9-11)24-14-7-8-15-16(10-14)12(2)20-17(18(15)21)19(22)23-3/h4-10,21H,1-3H3. The highest BCUT2D eigenvalue weighted by atomic mass is 16.5. The molecule has 0 aliphatic heterocycles. The van der Waals surface area contributed by atoms with Crippen LogP contribution in [0.4, 0.5) is 0 Å². The molecule has 0 saturated carbocycles. The molecule has 2 aromatic carbocycles. The number of methoxy groups -OCH3 is 1. The number of nitrogens with zero attached hydrogens (tertiary/aromatic N) is 1. The molecule has 0 unspecified atom stereocenters. The molecular weight excluding hydrogens is 306 g/mol. The number of ether oxygens (including phenoxy) is 2. The fourth-order valence-corrected chi connectivity index (χ4v) is 2.56. The topological polar surface area (TPSA) is 68.7 Å². The van der Waals surface area contributed by atoms with Gasteiger partial charge in [-0.05, 0) is 49.7 Å². The lowest BCUT2D eigenvalue weighted by atomic mass is 10.1. The smallest absolute Gasteiger partial charge is 0.360 e. The van der Waals surface area contributed by atoms with Crippen molar-refractivity contribution < 1.29 is 19.4 Å². The Kier molecular flexibility index (Phi) is 4.08. The van der Waals surface area contributed by atoms with Gasteiger partial charge in [0.25, 0.3) is 0 Å². The summed E-state index contributed by atoms with van der Waals surface area (Å²) >= 11 is 0. The zero-order valence-corrected chi connectivity index (χ0v) is 13.7. The van der Waals surface area contributed by atoms with E-state index in [1.807, 2.05) is 31.2 Å². The van der Waals surface area contributed by atoms with Crippen LogP contribution in [0, 0.1) is 13.8 Å². The van der Waals surface area contributed by atoms with Crippen LogP contribution >= 0.6 is 0 Å². The molecule has 0 spiro atoms. The van der Waals surface area contributed by atoms with Gasteiger partial charge in [0.2, 0.25) is 0 Å². The van der Waals surface area contributed by atoms with Crippen molar-refractivity contribution >= 4 is 16.7 Å². The molecule has 0 aliphatic rings. The lowest BCUT2D eigenvalue weighted by Crippen LogP contribution is -2.06. The molecule has 0 fully saturated rings. The summed E-state index contributed by atoms with van der Waals surface area (Å²) in [7, 11) is 1.25. The van der Waals surface area contributed by atoms with Crippen molar-refractivity contribution in [3.8, 4) is 17.2 Å². The predicted octanol–water partition coefficient (Wildman–Crippen LogP) is 4.14. The number of benzene rings is 2. The SMILES string of the molecule is COC(=O)c1nc(C)c2cc(Oc3cccc(C)c3)ccc2c1O. The van der Waals surface area contributed by atoms with Gasteiger partial charge in [0.05, 0.1) is 7.11 Å². The molecule has 1 heterocycles. The number of aromatic hydroxyl groups is 1. The lowest BCUT2D eigenvalue weighted by Gasteiger charge is -2.11. The average molecular weight is 323 g/mol. The molecule has 1 aromatic heterocycles. The van der Waals surface area contributed by atoms with E-state index >= 15 is 0 Å². The summed E-state index contributed by atoms with van der Waals surface area (Å²) in [6, 6.07) is 13.0. The minimum atomic E-state index is -0.669. The summed E-state index contributed by atoms with van der Waals surface area (Å²) in [4.78, 5) is 15.9. The molecule has 0 bridgehead atoms. The number of hydrogen-bond acceptors (Lipinski definition) is 5. The Morgan fingerprint density at radius 2 is 1.79 bits per heavy atom. The summed E-state index contributed by atoms with van der Waals surface area (Å²) in [5, 5.41) is 11.5. The number of esters is 1. The quantitative estimate of drug-likeness (QED) is 0.734. The molecule has 0 radical (unpaired) electrons. The van der Waals surface area contributed by atoms with Crippen LogP contribution in [0.2, 0.25) is 0 Å². The van der Waals surface area contributed by atoms with E-state index < -0.39 is 5.97 Å². The van der Waals surface area contributed by atoms with Crippen LogP contribution in [0.5, 0.6) is 17.2 Å². The summed E-state index contributed by atoms with van der Waals surface area (Å²) in [5.74, 6) is 0.501. The molecule has 3 rings (SSSR count). The van der Waals surface area contributed by atoms with E-state index in [2.05, 4.69) is 9.72 Å². The Hall–Kier alpha value is -3.08. The largest absolute Gasteiger partial charge is 0.505 e. The lowest BCUT2D eigenvalue weighted by molar-refractivity contribution is 0.0590. The van der Waals surface area contributed by atoms with Crippen molar-refractivity contribution in [3.05, 3.63) is 59.4 Å². The van der Waals surface area contributed by atoms with Gasteiger partial charge in [-0.25, -0.2) is 9.78 Å². The molecule has 0 saturated heterocycles. The van der Waals surface area contributed by atoms with E-state index in [9.17, 15) is 9.90 Å². The maximum absolute atomic E-state index is 11.7. The number of aromatic nitrogens is 1. The van der Waals surface area contributed by atoms with Crippen LogP contribution in [0.1, 0.15) is 21.7 Å². The molecule has 24 heavy (non-hydrogen) atoms. The van der Waals surface area contributed by atoms with E-state index in [0.29, 0.717) is 22.2 Å². The van der Waals surface area contributed by atoms with Crippen molar-refractivity contribution in [1.29, 1.82) is 0 Å². The van der Waals surface area contributed by atoms with E-state index in [1.54, 1.807) is 25.1 Å². The highest BCUT2D eigenvalue weighted by molar-refractivity contribution is 6.00. The Labute approximate surface area is 139 Å². The van der Waals surface area contributed by atoms with Crippen molar-refractivity contribution in [2.24, 2.45) is 0 Å². The van der Waals surface area contributed by atoms with E-state index in [1.165, 1.54) is 7.11 Å². The van der Waals surface area contributed by atoms with Crippen LogP contribution in [-0.4, -0.2) is 23.2 Å². The van der Waals surface area contributed by atoms with Crippen LogP contribution in [-0.2, 0) is 4.74 Å². The number of aryl methyl sites for hydroxylation is 2. The monoisotopic (exact) mass is 323 g/mol. The average Bonchev–Trinajstić information content (AvgIpc) is 2.57. The van der Waals surface area contributed by atoms with Crippen molar-refractivity contribution in [1.82, 2.24) is 4.98 Å². The third kappa shape index (κ3) is 2.88. The number of pyridine rings is 1. The molecule has 0 aliphatic carbocycles. The number of hydrogen-bond donors (Lipinski definition) is 1. The number of rotatable bonds is 3. The summed E-state index contributed by atoms with van der Waals surface area (Å²) in [6.45, 7) is 3.76. The first-order valence-electron chi connectivity index (χ1n) is 7.45. The molecule has 122 valence electrons. The maximum atomic E-state index is 11.7. The first-order valence-corrected chi connectivity index (χ1v) is 7.45. The van der Waals surface area contributed by atoms with Gasteiger partial charge in [0, 0.05) is 16.5 Å². The summed E-state index contributed by atoms with van der Waals surface area (Å²) in [6.07, 6.45) is 0. The highest BCUT2D eigenvalue weighted by Crippen LogP contribution is 2.33. The summed E-state index contributed by atoms with van der Waals surface area (Å²) < 4.78 is 10.5. The van der Waals surface area contributed by atoms with Gasteiger partial charge >= 0.3 is 5.97 Å². The van der Waals surface area contributed by atoms with Gasteiger partial charge in [-0.15, -0.1) is 0 Å². The highest BCUT2D eigenvalue weighted by Gasteiger charge is 2.18. The first-order chi connectivity index (χ1) is 11.5. The Balaban J connectivity index is 2.05. The Bertz CT molecular complexity index is 934. The van der Waals surface area contributed by atoms with Crippen LogP contribution < -0.4 is 4.74 Å². The Morgan fingerprint density at radius 1 is 1.04 bits per heavy atom. The predicted molar refractivity (Wildman–Crippen MR) is 90.7 cm³/mol. The first kappa shape index (κ1) is 15.8. The number of carbonyl (C=O) groups excluding carboxylic acids is 1. The second-order valence-corrected chi connectivity index (χ2v) is 5.51. The molecule has 0 atom stereocenters. The van der Waals surface area contributed by atoms with Crippen LogP contribution in [0.25, 0.3) is 10.8 Å². The van der Waals surface area contributed by atoms with Gasteiger partial charge in [0.1, 0.15) is 11.5 Å². The molecular formula is C19H17NO4. The van der Waals surface area contributed by atoms with E-state index in [4.69, 9.17) is 4.74 Å². The minimum absolute atomic E-state index is 0.0881. The molecule has 0 amide bonds. The minimum Gasteiger partial charge on any atom is -0.505 e. The zero-order chi connectivity index (χ0) is 17.3. The van der Waals surface area contributed by atoms with Gasteiger partial charge < -0.3 is 14.6 Å². The molecule has 1 N–H and O–H groups in total.